The monoisotopic (exact) mass is 312 g/mol. The van der Waals surface area contributed by atoms with E-state index in [0.29, 0.717) is 12.4 Å². The quantitative estimate of drug-likeness (QED) is 0.831. The minimum atomic E-state index is -0.902. The summed E-state index contributed by atoms with van der Waals surface area (Å²) in [7, 11) is 0. The maximum absolute atomic E-state index is 13.4. The van der Waals surface area contributed by atoms with Crippen molar-refractivity contribution in [3.8, 4) is 0 Å². The molecular formula is C13H11ClF2N4O. The maximum atomic E-state index is 13.4. The molecule has 0 saturated heterocycles. The number of amides is 1. The summed E-state index contributed by atoms with van der Waals surface area (Å²) in [5.74, 6) is -2.18. The van der Waals surface area contributed by atoms with Crippen LogP contribution in [0.2, 0.25) is 5.15 Å². The fraction of sp³-hybridized carbons (Fsp3) is 0.154. The summed E-state index contributed by atoms with van der Waals surface area (Å²) in [6, 6.07) is 3.25. The number of halogens is 3. The molecule has 1 amide bonds. The fourth-order valence-electron chi connectivity index (χ4n) is 1.60. The molecule has 2 N–H and O–H groups in total. The number of nitrogens with one attached hydrogen (secondary N) is 2. The van der Waals surface area contributed by atoms with Gasteiger partial charge < -0.3 is 10.6 Å². The average Bonchev–Trinajstić information content (AvgIpc) is 2.43. The van der Waals surface area contributed by atoms with Gasteiger partial charge in [0, 0.05) is 13.1 Å². The van der Waals surface area contributed by atoms with Crippen LogP contribution in [0.25, 0.3) is 0 Å². The van der Waals surface area contributed by atoms with Gasteiger partial charge in [-0.15, -0.1) is 0 Å². The maximum Gasteiger partial charge on any atom is 0.257 e. The number of anilines is 1. The molecule has 1 aromatic heterocycles. The third kappa shape index (κ3) is 4.09. The molecule has 0 fully saturated rings. The molecule has 8 heteroatoms. The Morgan fingerprint density at radius 3 is 2.57 bits per heavy atom. The topological polar surface area (TPSA) is 66.9 Å². The molecule has 2 rings (SSSR count). The van der Waals surface area contributed by atoms with Gasteiger partial charge in [0.25, 0.3) is 5.91 Å². The first-order valence-electron chi connectivity index (χ1n) is 6.01. The second-order valence-corrected chi connectivity index (χ2v) is 4.39. The minimum absolute atomic E-state index is 0.154. The number of rotatable bonds is 5. The standard InChI is InChI=1S/C13H11ClF2N4O/c14-10-6-17-7-11(20-10)18-4-5-19-13(21)12-8(15)2-1-3-9(12)16/h1-3,6-7H,4-5H2,(H,18,20)(H,19,21). The summed E-state index contributed by atoms with van der Waals surface area (Å²) in [6.07, 6.45) is 2.85. The van der Waals surface area contributed by atoms with Crippen LogP contribution in [0.1, 0.15) is 10.4 Å². The van der Waals surface area contributed by atoms with Crippen molar-refractivity contribution < 1.29 is 13.6 Å². The lowest BCUT2D eigenvalue weighted by Gasteiger charge is -2.08. The predicted molar refractivity (Wildman–Crippen MR) is 74.2 cm³/mol. The zero-order chi connectivity index (χ0) is 15.2. The van der Waals surface area contributed by atoms with Crippen molar-refractivity contribution in [1.29, 1.82) is 0 Å². The van der Waals surface area contributed by atoms with Gasteiger partial charge in [0.15, 0.2) is 0 Å². The van der Waals surface area contributed by atoms with Gasteiger partial charge in [0.2, 0.25) is 0 Å². The van der Waals surface area contributed by atoms with E-state index in [1.807, 2.05) is 0 Å². The summed E-state index contributed by atoms with van der Waals surface area (Å²) in [5.41, 5.74) is -0.597. The number of hydrogen-bond acceptors (Lipinski definition) is 4. The summed E-state index contributed by atoms with van der Waals surface area (Å²) in [4.78, 5) is 19.4. The average molecular weight is 313 g/mol. The zero-order valence-electron chi connectivity index (χ0n) is 10.7. The van der Waals surface area contributed by atoms with Gasteiger partial charge in [-0.05, 0) is 12.1 Å². The van der Waals surface area contributed by atoms with Crippen molar-refractivity contribution in [3.63, 3.8) is 0 Å². The molecule has 0 aliphatic carbocycles. The molecule has 0 radical (unpaired) electrons. The number of nitrogens with zero attached hydrogens (tertiary/aromatic N) is 2. The molecule has 0 spiro atoms. The summed E-state index contributed by atoms with van der Waals surface area (Å²) in [6.45, 7) is 0.456. The molecule has 110 valence electrons. The van der Waals surface area contributed by atoms with Crippen LogP contribution in [0.15, 0.2) is 30.6 Å². The van der Waals surface area contributed by atoms with Crippen LogP contribution < -0.4 is 10.6 Å². The number of carbonyl (C=O) groups is 1. The van der Waals surface area contributed by atoms with Crippen LogP contribution >= 0.6 is 11.6 Å². The first-order valence-corrected chi connectivity index (χ1v) is 6.39. The molecular weight excluding hydrogens is 302 g/mol. The van der Waals surface area contributed by atoms with Gasteiger partial charge >= 0.3 is 0 Å². The number of benzene rings is 1. The van der Waals surface area contributed by atoms with Crippen molar-refractivity contribution in [2.75, 3.05) is 18.4 Å². The molecule has 21 heavy (non-hydrogen) atoms. The van der Waals surface area contributed by atoms with E-state index in [2.05, 4.69) is 20.6 Å². The second-order valence-electron chi connectivity index (χ2n) is 4.01. The summed E-state index contributed by atoms with van der Waals surface area (Å²) >= 11 is 5.66. The molecule has 0 atom stereocenters. The molecule has 2 aromatic rings. The van der Waals surface area contributed by atoms with Crippen molar-refractivity contribution in [2.45, 2.75) is 0 Å². The van der Waals surface area contributed by atoms with Crippen LogP contribution in [0, 0.1) is 11.6 Å². The van der Waals surface area contributed by atoms with Crippen LogP contribution in [-0.2, 0) is 0 Å². The molecule has 5 nitrogen and oxygen atoms in total. The lowest BCUT2D eigenvalue weighted by atomic mass is 10.2. The summed E-state index contributed by atoms with van der Waals surface area (Å²) < 4.78 is 26.7. The third-order valence-electron chi connectivity index (χ3n) is 2.51. The number of aromatic nitrogens is 2. The van der Waals surface area contributed by atoms with E-state index in [1.54, 1.807) is 0 Å². The van der Waals surface area contributed by atoms with Crippen molar-refractivity contribution in [3.05, 3.63) is 52.9 Å². The molecule has 0 saturated carbocycles. The Bertz CT molecular complexity index is 634. The molecule has 1 aromatic carbocycles. The highest BCUT2D eigenvalue weighted by Crippen LogP contribution is 2.11. The first-order chi connectivity index (χ1) is 10.1. The Balaban J connectivity index is 1.85. The Labute approximate surface area is 124 Å². The first kappa shape index (κ1) is 15.1. The molecule has 0 unspecified atom stereocenters. The van der Waals surface area contributed by atoms with Gasteiger partial charge in [-0.25, -0.2) is 13.8 Å². The van der Waals surface area contributed by atoms with Crippen LogP contribution in [-0.4, -0.2) is 29.0 Å². The van der Waals surface area contributed by atoms with Crippen molar-refractivity contribution >= 4 is 23.3 Å². The van der Waals surface area contributed by atoms with Crippen molar-refractivity contribution in [2.24, 2.45) is 0 Å². The smallest absolute Gasteiger partial charge is 0.257 e. The van der Waals surface area contributed by atoms with E-state index in [0.717, 1.165) is 12.1 Å². The van der Waals surface area contributed by atoms with Gasteiger partial charge in [-0.1, -0.05) is 17.7 Å². The van der Waals surface area contributed by atoms with E-state index in [-0.39, 0.29) is 11.7 Å². The highest BCUT2D eigenvalue weighted by molar-refractivity contribution is 6.29. The van der Waals surface area contributed by atoms with Crippen LogP contribution in [0.5, 0.6) is 0 Å². The van der Waals surface area contributed by atoms with E-state index < -0.39 is 23.1 Å². The minimum Gasteiger partial charge on any atom is -0.367 e. The lowest BCUT2D eigenvalue weighted by Crippen LogP contribution is -2.30. The highest BCUT2D eigenvalue weighted by atomic mass is 35.5. The molecule has 0 aliphatic rings. The van der Waals surface area contributed by atoms with Gasteiger partial charge in [-0.2, -0.15) is 0 Å². The third-order valence-corrected chi connectivity index (χ3v) is 2.69. The molecule has 0 aliphatic heterocycles. The summed E-state index contributed by atoms with van der Waals surface area (Å²) in [5, 5.41) is 5.50. The Morgan fingerprint density at radius 1 is 1.19 bits per heavy atom. The molecule has 1 heterocycles. The Hall–Kier alpha value is -2.28. The highest BCUT2D eigenvalue weighted by Gasteiger charge is 2.16. The normalized spacial score (nSPS) is 10.2. The van der Waals surface area contributed by atoms with Gasteiger partial charge in [-0.3, -0.25) is 9.78 Å². The lowest BCUT2D eigenvalue weighted by molar-refractivity contribution is 0.0946. The predicted octanol–water partition coefficient (Wildman–Crippen LogP) is 2.25. The van der Waals surface area contributed by atoms with Crippen LogP contribution in [0.3, 0.4) is 0 Å². The van der Waals surface area contributed by atoms with E-state index in [4.69, 9.17) is 11.6 Å². The Morgan fingerprint density at radius 2 is 1.90 bits per heavy atom. The van der Waals surface area contributed by atoms with Crippen molar-refractivity contribution in [1.82, 2.24) is 15.3 Å². The van der Waals surface area contributed by atoms with Crippen LogP contribution in [0.4, 0.5) is 14.6 Å². The van der Waals surface area contributed by atoms with Gasteiger partial charge in [0.1, 0.15) is 28.2 Å². The fourth-order valence-corrected chi connectivity index (χ4v) is 1.74. The second kappa shape index (κ2) is 6.94. The van der Waals surface area contributed by atoms with E-state index in [9.17, 15) is 13.6 Å². The Kier molecular flexibility index (Phi) is 4.99. The number of carbonyl (C=O) groups excluding carboxylic acids is 1. The van der Waals surface area contributed by atoms with E-state index in [1.165, 1.54) is 18.5 Å². The largest absolute Gasteiger partial charge is 0.367 e. The SMILES string of the molecule is O=C(NCCNc1cncc(Cl)n1)c1c(F)cccc1F. The molecule has 0 bridgehead atoms. The van der Waals surface area contributed by atoms with E-state index >= 15 is 0 Å². The number of hydrogen-bond donors (Lipinski definition) is 2. The zero-order valence-corrected chi connectivity index (χ0v) is 11.5. The van der Waals surface area contributed by atoms with Gasteiger partial charge in [0.05, 0.1) is 12.4 Å².